The van der Waals surface area contributed by atoms with E-state index in [2.05, 4.69) is 34.5 Å². The molecule has 2 aromatic heterocycles. The van der Waals surface area contributed by atoms with Crippen LogP contribution in [0.15, 0.2) is 121 Å². The number of hydrogen-bond acceptors (Lipinski definition) is 5. The van der Waals surface area contributed by atoms with Crippen LogP contribution in [0.5, 0.6) is 11.5 Å². The molecule has 270 valence electrons. The molecule has 0 aliphatic heterocycles. The number of nitrogens with zero attached hydrogens (tertiary/aromatic N) is 4. The Labute approximate surface area is 328 Å². The summed E-state index contributed by atoms with van der Waals surface area (Å²) in [5.74, 6) is 1.66. The fourth-order valence-corrected chi connectivity index (χ4v) is 7.07. The molecular formula is C42H36Cl4N4O3. The van der Waals surface area contributed by atoms with Crippen molar-refractivity contribution in [2.24, 2.45) is 7.05 Å². The van der Waals surface area contributed by atoms with Crippen LogP contribution in [0.2, 0.25) is 20.1 Å². The molecule has 53 heavy (non-hydrogen) atoms. The Balaban J connectivity index is 0.000000200. The van der Waals surface area contributed by atoms with Gasteiger partial charge in [-0.05, 0) is 106 Å². The van der Waals surface area contributed by atoms with Crippen molar-refractivity contribution in [1.29, 1.82) is 0 Å². The number of ether oxygens (including phenoxy) is 2. The van der Waals surface area contributed by atoms with Gasteiger partial charge < -0.3 is 14.7 Å². The molecule has 0 saturated carbocycles. The van der Waals surface area contributed by atoms with Crippen molar-refractivity contribution in [3.05, 3.63) is 141 Å². The zero-order valence-corrected chi connectivity index (χ0v) is 31.1. The molecule has 0 aliphatic rings. The van der Waals surface area contributed by atoms with E-state index in [1.807, 2.05) is 78.5 Å². The Morgan fingerprint density at radius 1 is 0.491 bits per heavy atom. The lowest BCUT2D eigenvalue weighted by Gasteiger charge is -2.06. The first-order valence-corrected chi connectivity index (χ1v) is 17.5. The van der Waals surface area contributed by atoms with Gasteiger partial charge >= 0.3 is 0 Å². The Morgan fingerprint density at radius 3 is 1.36 bits per heavy atom. The second kappa shape index (κ2) is 15.8. The van der Waals surface area contributed by atoms with E-state index in [4.69, 9.17) is 55.9 Å². The van der Waals surface area contributed by atoms with Crippen molar-refractivity contribution in [3.8, 4) is 56.5 Å². The predicted molar refractivity (Wildman–Crippen MR) is 221 cm³/mol. The lowest BCUT2D eigenvalue weighted by Crippen LogP contribution is -1.95. The summed E-state index contributed by atoms with van der Waals surface area (Å²) in [4.78, 5) is 0.870. The normalized spacial score (nSPS) is 10.8. The molecule has 7 nitrogen and oxygen atoms in total. The highest BCUT2D eigenvalue weighted by Gasteiger charge is 2.14. The maximum absolute atomic E-state index is 10.3. The van der Waals surface area contributed by atoms with Gasteiger partial charge in [0.2, 0.25) is 0 Å². The quantitative estimate of drug-likeness (QED) is 0.170. The first-order valence-electron chi connectivity index (χ1n) is 16.0. The number of methoxy groups -OCH3 is 2. The fourth-order valence-electron chi connectivity index (χ4n) is 6.01. The molecular weight excluding hydrogens is 750 g/mol. The van der Waals surface area contributed by atoms with Gasteiger partial charge in [0, 0.05) is 50.8 Å². The van der Waals surface area contributed by atoms with Gasteiger partial charge in [0.1, 0.15) is 17.2 Å². The van der Waals surface area contributed by atoms with Crippen molar-refractivity contribution in [2.45, 2.75) is 7.43 Å². The van der Waals surface area contributed by atoms with E-state index in [9.17, 15) is 5.21 Å². The molecule has 8 rings (SSSR count). The average Bonchev–Trinajstić information content (AvgIpc) is 3.72. The first-order chi connectivity index (χ1) is 25.1. The molecule has 0 fully saturated rings. The number of aromatic nitrogens is 4. The van der Waals surface area contributed by atoms with Gasteiger partial charge in [-0.1, -0.05) is 90.2 Å². The molecule has 0 radical (unpaired) electrons. The third kappa shape index (κ3) is 8.24. The van der Waals surface area contributed by atoms with Crippen LogP contribution in [0, 0.1) is 0 Å². The van der Waals surface area contributed by atoms with Crippen molar-refractivity contribution in [3.63, 3.8) is 0 Å². The highest BCUT2D eigenvalue weighted by atomic mass is 35.5. The third-order valence-electron chi connectivity index (χ3n) is 8.57. The third-order valence-corrected chi connectivity index (χ3v) is 9.45. The number of aryl methyl sites for hydroxylation is 1. The molecule has 0 saturated heterocycles. The number of hydrogen-bond donors (Lipinski definition) is 1. The van der Waals surface area contributed by atoms with Crippen molar-refractivity contribution >= 4 is 67.9 Å². The van der Waals surface area contributed by atoms with Gasteiger partial charge in [-0.15, -0.1) is 9.94 Å². The summed E-state index contributed by atoms with van der Waals surface area (Å²) in [7, 11) is 5.25. The lowest BCUT2D eigenvalue weighted by atomic mass is 10.0. The van der Waals surface area contributed by atoms with E-state index in [0.29, 0.717) is 31.5 Å². The van der Waals surface area contributed by atoms with Crippen molar-refractivity contribution in [2.75, 3.05) is 14.2 Å². The zero-order chi connectivity index (χ0) is 36.5. The van der Waals surface area contributed by atoms with Crippen LogP contribution in [-0.2, 0) is 7.05 Å². The SMILES string of the molecule is C.COc1ccc2cc(-c3cc(-c4cc(Cl)cc(Cl)c4)nn3C)ccc2c1.COc1ccc2cc(-c3cc(-c4cc(Cl)cc(Cl)c4)nn3O)ccc2c1.[HH]. The topological polar surface area (TPSA) is 74.3 Å². The predicted octanol–water partition coefficient (Wildman–Crippen LogP) is 13.0. The lowest BCUT2D eigenvalue weighted by molar-refractivity contribution is 0.154. The molecule has 0 spiro atoms. The van der Waals surface area contributed by atoms with Crippen molar-refractivity contribution < 1.29 is 16.1 Å². The molecule has 6 aromatic carbocycles. The van der Waals surface area contributed by atoms with Crippen LogP contribution in [-0.4, -0.2) is 39.2 Å². The summed E-state index contributed by atoms with van der Waals surface area (Å²) in [5.41, 5.74) is 6.59. The molecule has 0 atom stereocenters. The minimum Gasteiger partial charge on any atom is -0.497 e. The molecule has 11 heteroatoms. The molecule has 1 N–H and O–H groups in total. The summed E-state index contributed by atoms with van der Waals surface area (Å²) < 4.78 is 12.4. The van der Waals surface area contributed by atoms with E-state index in [-0.39, 0.29) is 8.85 Å². The van der Waals surface area contributed by atoms with Crippen LogP contribution < -0.4 is 9.47 Å². The van der Waals surface area contributed by atoms with Crippen LogP contribution in [0.25, 0.3) is 66.6 Å². The van der Waals surface area contributed by atoms with Gasteiger partial charge in [0.05, 0.1) is 31.3 Å². The minimum absolute atomic E-state index is 0. The first kappa shape index (κ1) is 37.6. The highest BCUT2D eigenvalue weighted by molar-refractivity contribution is 6.35. The second-order valence-corrected chi connectivity index (χ2v) is 13.8. The van der Waals surface area contributed by atoms with Crippen LogP contribution in [0.4, 0.5) is 0 Å². The Morgan fingerprint density at radius 2 is 0.887 bits per heavy atom. The Kier molecular flexibility index (Phi) is 11.2. The summed E-state index contributed by atoms with van der Waals surface area (Å²) in [6.07, 6.45) is 0. The molecule has 0 unspecified atom stereocenters. The number of rotatable bonds is 6. The van der Waals surface area contributed by atoms with E-state index < -0.39 is 0 Å². The molecule has 0 bridgehead atoms. The summed E-state index contributed by atoms with van der Waals surface area (Å²) in [5, 5.41) is 25.7. The summed E-state index contributed by atoms with van der Waals surface area (Å²) in [6, 6.07) is 38.6. The largest absolute Gasteiger partial charge is 0.497 e. The van der Waals surface area contributed by atoms with Crippen molar-refractivity contribution in [1.82, 2.24) is 19.7 Å². The van der Waals surface area contributed by atoms with Crippen LogP contribution in [0.1, 0.15) is 8.85 Å². The van der Waals surface area contributed by atoms with Gasteiger partial charge in [0.15, 0.2) is 0 Å². The fraction of sp³-hybridized carbons (Fsp3) is 0.0952. The smallest absolute Gasteiger partial charge is 0.119 e. The minimum atomic E-state index is 0. The van der Waals surface area contributed by atoms with E-state index in [0.717, 1.165) is 71.5 Å². The van der Waals surface area contributed by atoms with Crippen LogP contribution >= 0.6 is 46.4 Å². The number of benzene rings is 6. The van der Waals surface area contributed by atoms with Gasteiger partial charge in [-0.25, -0.2) is 0 Å². The molecule has 0 amide bonds. The van der Waals surface area contributed by atoms with Gasteiger partial charge in [-0.2, -0.15) is 5.10 Å². The highest BCUT2D eigenvalue weighted by Crippen LogP contribution is 2.33. The maximum Gasteiger partial charge on any atom is 0.119 e. The molecule has 8 aromatic rings. The molecule has 2 heterocycles. The Hall–Kier alpha value is -5.18. The van der Waals surface area contributed by atoms with Gasteiger partial charge in [0.25, 0.3) is 0 Å². The number of halogens is 4. The Bertz CT molecular complexity index is 2390. The monoisotopic (exact) mass is 784 g/mol. The van der Waals surface area contributed by atoms with E-state index in [1.54, 1.807) is 44.6 Å². The van der Waals surface area contributed by atoms with Crippen LogP contribution in [0.3, 0.4) is 0 Å². The average molecular weight is 787 g/mol. The number of fused-ring (bicyclic) bond motifs is 2. The maximum atomic E-state index is 10.3. The standard InChI is InChI=1S/C21H16Cl2N2O.C20H14Cl2N2O2.CH4.H2/c1-25-21(12-20(24-25)16-8-17(22)11-18(23)9-16)15-4-3-14-10-19(26-2)6-5-13(14)7-15;1-26-18-5-4-12-6-14(3-2-13(12)9-18)20-11-19(23-24(20)25)15-7-16(21)10-17(22)8-15;;/h3-12H,1-2H3;2-11,25H,1H3;1H4;1H. The molecule has 0 aliphatic carbocycles. The summed E-state index contributed by atoms with van der Waals surface area (Å²) >= 11 is 24.4. The zero-order valence-electron chi connectivity index (χ0n) is 28.1. The van der Waals surface area contributed by atoms with E-state index >= 15 is 0 Å². The van der Waals surface area contributed by atoms with E-state index in [1.165, 1.54) is 0 Å². The van der Waals surface area contributed by atoms with Gasteiger partial charge in [-0.3, -0.25) is 4.68 Å². The summed E-state index contributed by atoms with van der Waals surface area (Å²) in [6.45, 7) is 0. The second-order valence-electron chi connectivity index (χ2n) is 12.0.